The molecular formula is C27H22ClN3O2. The maximum Gasteiger partial charge on any atom is 0.271 e. The van der Waals surface area contributed by atoms with Gasteiger partial charge in [-0.15, -0.1) is 0 Å². The number of nitrogens with one attached hydrogen (secondary N) is 1. The van der Waals surface area contributed by atoms with Gasteiger partial charge in [0.1, 0.15) is 18.1 Å². The van der Waals surface area contributed by atoms with Gasteiger partial charge in [0.15, 0.2) is 0 Å². The first-order valence-electron chi connectivity index (χ1n) is 10.4. The number of nitrogens with zero attached hydrogens (tertiary/aromatic N) is 2. The molecule has 4 aromatic rings. The van der Waals surface area contributed by atoms with Crippen LogP contribution < -0.4 is 10.2 Å². The lowest BCUT2D eigenvalue weighted by molar-refractivity contribution is 0.0955. The Morgan fingerprint density at radius 3 is 2.39 bits per heavy atom. The lowest BCUT2D eigenvalue weighted by atomic mass is 10.1. The van der Waals surface area contributed by atoms with Crippen LogP contribution in [0.15, 0.2) is 102 Å². The van der Waals surface area contributed by atoms with Crippen LogP contribution in [0.3, 0.4) is 0 Å². The van der Waals surface area contributed by atoms with E-state index >= 15 is 0 Å². The normalized spacial score (nSPS) is 11.2. The number of benzene rings is 3. The van der Waals surface area contributed by atoms with Crippen LogP contribution in [0.2, 0.25) is 5.02 Å². The summed E-state index contributed by atoms with van der Waals surface area (Å²) in [5.74, 6) is 0.441. The van der Waals surface area contributed by atoms with Crippen molar-refractivity contribution in [2.24, 2.45) is 5.10 Å². The lowest BCUT2D eigenvalue weighted by Gasteiger charge is -2.09. The van der Waals surface area contributed by atoms with Crippen LogP contribution in [0.25, 0.3) is 0 Å². The first kappa shape index (κ1) is 22.2. The third-order valence-electron chi connectivity index (χ3n) is 4.98. The number of amides is 1. The van der Waals surface area contributed by atoms with E-state index in [1.807, 2.05) is 85.8 Å². The van der Waals surface area contributed by atoms with Crippen LogP contribution >= 0.6 is 11.6 Å². The van der Waals surface area contributed by atoms with E-state index in [0.717, 1.165) is 22.4 Å². The topological polar surface area (TPSA) is 63.6 Å². The average Bonchev–Trinajstić information content (AvgIpc) is 2.86. The van der Waals surface area contributed by atoms with Crippen LogP contribution in [0.5, 0.6) is 5.75 Å². The van der Waals surface area contributed by atoms with Gasteiger partial charge in [-0.3, -0.25) is 9.78 Å². The van der Waals surface area contributed by atoms with Gasteiger partial charge >= 0.3 is 0 Å². The Balaban J connectivity index is 1.44. The number of carbonyl (C=O) groups excluding carboxylic acids is 1. The van der Waals surface area contributed by atoms with Gasteiger partial charge in [-0.25, -0.2) is 5.43 Å². The molecule has 0 saturated heterocycles. The van der Waals surface area contributed by atoms with Gasteiger partial charge < -0.3 is 4.74 Å². The third kappa shape index (κ3) is 5.84. The number of aromatic nitrogens is 1. The Kier molecular flexibility index (Phi) is 7.12. The molecule has 164 valence electrons. The SMILES string of the molecule is Cc1cc(OCc2ccc(C(=O)N/N=C(/c3ccccc3)c3ccccn3)cc2)ccc1Cl. The molecule has 5 nitrogen and oxygen atoms in total. The van der Waals surface area contributed by atoms with Gasteiger partial charge in [0.2, 0.25) is 0 Å². The second kappa shape index (κ2) is 10.6. The van der Waals surface area contributed by atoms with E-state index in [4.69, 9.17) is 16.3 Å². The molecule has 3 aromatic carbocycles. The maximum atomic E-state index is 12.7. The molecule has 0 saturated carbocycles. The summed E-state index contributed by atoms with van der Waals surface area (Å²) in [6, 6.07) is 28.0. The first-order chi connectivity index (χ1) is 16.1. The average molecular weight is 456 g/mol. The molecule has 0 unspecified atom stereocenters. The predicted molar refractivity (Wildman–Crippen MR) is 131 cm³/mol. The zero-order valence-corrected chi connectivity index (χ0v) is 18.8. The molecule has 4 rings (SSSR count). The van der Waals surface area contributed by atoms with Crippen molar-refractivity contribution in [3.8, 4) is 5.75 Å². The minimum absolute atomic E-state index is 0.305. The second-order valence-electron chi connectivity index (χ2n) is 7.38. The molecule has 1 heterocycles. The number of carbonyl (C=O) groups is 1. The number of ether oxygens (including phenoxy) is 1. The number of halogens is 1. The fourth-order valence-corrected chi connectivity index (χ4v) is 3.28. The molecule has 0 atom stereocenters. The third-order valence-corrected chi connectivity index (χ3v) is 5.40. The molecule has 1 aromatic heterocycles. The van der Waals surface area contributed by atoms with E-state index in [0.29, 0.717) is 28.6 Å². The Hall–Kier alpha value is -3.96. The van der Waals surface area contributed by atoms with Gasteiger partial charge in [0.05, 0.1) is 5.69 Å². The van der Waals surface area contributed by atoms with Crippen molar-refractivity contribution in [3.63, 3.8) is 0 Å². The standard InChI is InChI=1S/C27H22ClN3O2/c1-19-17-23(14-15-24(19)28)33-18-20-10-12-22(13-11-20)27(32)31-30-26(21-7-3-2-4-8-21)25-9-5-6-16-29-25/h2-17H,18H2,1H3,(H,31,32)/b30-26-. The fourth-order valence-electron chi connectivity index (χ4n) is 3.17. The maximum absolute atomic E-state index is 12.7. The quantitative estimate of drug-likeness (QED) is 0.283. The van der Waals surface area contributed by atoms with Crippen LogP contribution in [-0.2, 0) is 6.61 Å². The van der Waals surface area contributed by atoms with E-state index < -0.39 is 0 Å². The minimum Gasteiger partial charge on any atom is -0.489 e. The summed E-state index contributed by atoms with van der Waals surface area (Å²) < 4.78 is 5.82. The molecule has 0 bridgehead atoms. The van der Waals surface area contributed by atoms with Crippen molar-refractivity contribution in [2.45, 2.75) is 13.5 Å². The Bertz CT molecular complexity index is 1220. The van der Waals surface area contributed by atoms with Gasteiger partial charge in [-0.1, -0.05) is 60.1 Å². The van der Waals surface area contributed by atoms with Crippen LogP contribution in [0, 0.1) is 6.92 Å². The highest BCUT2D eigenvalue weighted by molar-refractivity contribution is 6.31. The van der Waals surface area contributed by atoms with Gasteiger partial charge in [0.25, 0.3) is 5.91 Å². The van der Waals surface area contributed by atoms with Crippen molar-refractivity contribution in [1.29, 1.82) is 0 Å². The van der Waals surface area contributed by atoms with E-state index in [1.165, 1.54) is 0 Å². The van der Waals surface area contributed by atoms with Gasteiger partial charge in [-0.05, 0) is 60.5 Å². The molecular weight excluding hydrogens is 434 g/mol. The summed E-state index contributed by atoms with van der Waals surface area (Å²) in [6.45, 7) is 2.32. The smallest absolute Gasteiger partial charge is 0.271 e. The van der Waals surface area contributed by atoms with E-state index in [1.54, 1.807) is 18.3 Å². The monoisotopic (exact) mass is 455 g/mol. The van der Waals surface area contributed by atoms with Crippen molar-refractivity contribution in [2.75, 3.05) is 0 Å². The number of hydrogen-bond acceptors (Lipinski definition) is 4. The molecule has 0 radical (unpaired) electrons. The summed E-state index contributed by atoms with van der Waals surface area (Å²) in [4.78, 5) is 17.1. The number of aryl methyl sites for hydroxylation is 1. The summed E-state index contributed by atoms with van der Waals surface area (Å²) >= 11 is 6.05. The molecule has 0 fully saturated rings. The first-order valence-corrected chi connectivity index (χ1v) is 10.8. The van der Waals surface area contributed by atoms with Crippen molar-refractivity contribution in [3.05, 3.63) is 130 Å². The molecule has 0 aliphatic rings. The van der Waals surface area contributed by atoms with Crippen molar-refractivity contribution >= 4 is 23.2 Å². The molecule has 1 N–H and O–H groups in total. The largest absolute Gasteiger partial charge is 0.489 e. The van der Waals surface area contributed by atoms with Crippen LogP contribution in [0.1, 0.15) is 32.7 Å². The summed E-state index contributed by atoms with van der Waals surface area (Å²) in [5, 5.41) is 5.08. The minimum atomic E-state index is -0.305. The van der Waals surface area contributed by atoms with Crippen LogP contribution in [-0.4, -0.2) is 16.6 Å². The van der Waals surface area contributed by atoms with E-state index in [2.05, 4.69) is 15.5 Å². The zero-order chi connectivity index (χ0) is 23.0. The summed E-state index contributed by atoms with van der Waals surface area (Å²) in [6.07, 6.45) is 1.70. The number of pyridine rings is 1. The van der Waals surface area contributed by atoms with Crippen LogP contribution in [0.4, 0.5) is 0 Å². The Morgan fingerprint density at radius 2 is 1.70 bits per heavy atom. The molecule has 6 heteroatoms. The van der Waals surface area contributed by atoms with Gasteiger partial charge in [-0.2, -0.15) is 5.10 Å². The molecule has 33 heavy (non-hydrogen) atoms. The van der Waals surface area contributed by atoms with Crippen molar-refractivity contribution in [1.82, 2.24) is 10.4 Å². The predicted octanol–water partition coefficient (Wildman–Crippen LogP) is 5.80. The van der Waals surface area contributed by atoms with Crippen molar-refractivity contribution < 1.29 is 9.53 Å². The highest BCUT2D eigenvalue weighted by atomic mass is 35.5. The lowest BCUT2D eigenvalue weighted by Crippen LogP contribution is -2.21. The molecule has 0 aliphatic carbocycles. The Labute approximate surface area is 197 Å². The van der Waals surface area contributed by atoms with E-state index in [-0.39, 0.29) is 5.91 Å². The summed E-state index contributed by atoms with van der Waals surface area (Å²) in [7, 11) is 0. The molecule has 1 amide bonds. The number of hydrogen-bond donors (Lipinski definition) is 1. The zero-order valence-electron chi connectivity index (χ0n) is 18.0. The number of rotatable bonds is 7. The molecule has 0 aliphatic heterocycles. The fraction of sp³-hybridized carbons (Fsp3) is 0.0741. The second-order valence-corrected chi connectivity index (χ2v) is 7.79. The highest BCUT2D eigenvalue weighted by Crippen LogP contribution is 2.22. The Morgan fingerprint density at radius 1 is 0.939 bits per heavy atom. The highest BCUT2D eigenvalue weighted by Gasteiger charge is 2.10. The summed E-state index contributed by atoms with van der Waals surface area (Å²) in [5.41, 5.74) is 7.18. The number of hydrazone groups is 1. The molecule has 0 spiro atoms. The van der Waals surface area contributed by atoms with E-state index in [9.17, 15) is 4.79 Å². The van der Waals surface area contributed by atoms with Gasteiger partial charge in [0, 0.05) is 22.3 Å².